The fourth-order valence-electron chi connectivity index (χ4n) is 1.21. The van der Waals surface area contributed by atoms with Crippen molar-refractivity contribution in [1.82, 2.24) is 4.90 Å². The van der Waals surface area contributed by atoms with E-state index in [1.807, 2.05) is 7.05 Å². The quantitative estimate of drug-likeness (QED) is 0.554. The molecule has 1 rings (SSSR count). The zero-order valence-corrected chi connectivity index (χ0v) is 7.17. The Hall–Kier alpha value is -0.570. The molecule has 0 N–H and O–H groups in total. The maximum Gasteiger partial charge on any atom is 0.248 e. The first-order valence-corrected chi connectivity index (χ1v) is 4.05. The Labute approximate surface area is 67.3 Å². The van der Waals surface area contributed by atoms with Crippen molar-refractivity contribution in [3.8, 4) is 0 Å². The van der Waals surface area contributed by atoms with Crippen molar-refractivity contribution in [2.75, 3.05) is 26.8 Å². The maximum absolute atomic E-state index is 11.1. The number of rotatable bonds is 1. The second-order valence-electron chi connectivity index (χ2n) is 3.06. The summed E-state index contributed by atoms with van der Waals surface area (Å²) in [6, 6.07) is 0. The van der Waals surface area contributed by atoms with Crippen molar-refractivity contribution < 1.29 is 9.53 Å². The number of carbonyl (C=O) groups is 1. The van der Waals surface area contributed by atoms with Gasteiger partial charge in [0, 0.05) is 13.6 Å². The van der Waals surface area contributed by atoms with Gasteiger partial charge >= 0.3 is 0 Å². The summed E-state index contributed by atoms with van der Waals surface area (Å²) in [7, 11) is 1.83. The zero-order valence-electron chi connectivity index (χ0n) is 7.17. The number of hydrogen-bond acceptors (Lipinski definition) is 2. The fourth-order valence-corrected chi connectivity index (χ4v) is 1.21. The summed E-state index contributed by atoms with van der Waals surface area (Å²) in [5.74, 6) is 0.618. The number of nitrogens with zero attached hydrogens (tertiary/aromatic N) is 1. The average molecular weight is 157 g/mol. The van der Waals surface area contributed by atoms with Crippen molar-refractivity contribution >= 4 is 5.91 Å². The molecule has 11 heavy (non-hydrogen) atoms. The molecule has 1 atom stereocenters. The van der Waals surface area contributed by atoms with Crippen LogP contribution in [0.4, 0.5) is 0 Å². The Kier molecular flexibility index (Phi) is 2.88. The van der Waals surface area contributed by atoms with Gasteiger partial charge in [0.05, 0.1) is 6.61 Å². The summed E-state index contributed by atoms with van der Waals surface area (Å²) in [6.07, 6.45) is 1.08. The van der Waals surface area contributed by atoms with E-state index in [4.69, 9.17) is 4.74 Å². The molecule has 3 heteroatoms. The molecule has 0 spiro atoms. The van der Waals surface area contributed by atoms with Crippen molar-refractivity contribution in [3.05, 3.63) is 0 Å². The van der Waals surface area contributed by atoms with E-state index in [-0.39, 0.29) is 12.5 Å². The molecule has 0 aliphatic carbocycles. The highest BCUT2D eigenvalue weighted by atomic mass is 16.5. The lowest BCUT2D eigenvalue weighted by Gasteiger charge is -2.17. The van der Waals surface area contributed by atoms with E-state index in [1.54, 1.807) is 4.90 Å². The molecule has 64 valence electrons. The highest BCUT2D eigenvalue weighted by Gasteiger charge is 2.18. The Balaban J connectivity index is 2.48. The Morgan fingerprint density at radius 2 is 2.45 bits per heavy atom. The van der Waals surface area contributed by atoms with Gasteiger partial charge in [-0.15, -0.1) is 0 Å². The molecule has 0 aromatic rings. The molecule has 1 amide bonds. The average Bonchev–Trinajstić information content (AvgIpc) is 2.15. The lowest BCUT2D eigenvalue weighted by Crippen LogP contribution is -2.30. The summed E-state index contributed by atoms with van der Waals surface area (Å²) >= 11 is 0. The van der Waals surface area contributed by atoms with Crippen LogP contribution in [0.2, 0.25) is 0 Å². The zero-order chi connectivity index (χ0) is 8.27. The minimum atomic E-state index is 0.0981. The lowest BCUT2D eigenvalue weighted by atomic mass is 10.1. The van der Waals surface area contributed by atoms with Gasteiger partial charge in [-0.1, -0.05) is 6.92 Å². The van der Waals surface area contributed by atoms with Crippen LogP contribution >= 0.6 is 0 Å². The smallest absolute Gasteiger partial charge is 0.248 e. The fraction of sp³-hybridized carbons (Fsp3) is 0.875. The highest BCUT2D eigenvalue weighted by Crippen LogP contribution is 2.08. The number of carbonyl (C=O) groups excluding carboxylic acids is 1. The van der Waals surface area contributed by atoms with Crippen LogP contribution in [0.25, 0.3) is 0 Å². The highest BCUT2D eigenvalue weighted by molar-refractivity contribution is 5.77. The van der Waals surface area contributed by atoms with Gasteiger partial charge in [0.25, 0.3) is 0 Å². The third-order valence-electron chi connectivity index (χ3n) is 2.11. The van der Waals surface area contributed by atoms with Crippen molar-refractivity contribution in [2.24, 2.45) is 5.92 Å². The van der Waals surface area contributed by atoms with Crippen molar-refractivity contribution in [2.45, 2.75) is 13.3 Å². The molecule has 0 saturated carbocycles. The SMILES string of the molecule is CC[C@@H]1COCC(=O)N(C)C1. The van der Waals surface area contributed by atoms with Gasteiger partial charge in [0.1, 0.15) is 6.61 Å². The molecule has 1 aliphatic rings. The maximum atomic E-state index is 11.1. The van der Waals surface area contributed by atoms with Crippen molar-refractivity contribution in [3.63, 3.8) is 0 Å². The second-order valence-corrected chi connectivity index (χ2v) is 3.06. The van der Waals surface area contributed by atoms with Crippen LogP contribution in [0.5, 0.6) is 0 Å². The molecule has 0 bridgehead atoms. The first-order chi connectivity index (χ1) is 5.24. The van der Waals surface area contributed by atoms with E-state index in [1.165, 1.54) is 0 Å². The van der Waals surface area contributed by atoms with Gasteiger partial charge in [0.2, 0.25) is 5.91 Å². The van der Waals surface area contributed by atoms with Crippen LogP contribution < -0.4 is 0 Å². The third kappa shape index (κ3) is 2.19. The molecule has 1 fully saturated rings. The van der Waals surface area contributed by atoms with E-state index in [2.05, 4.69) is 6.92 Å². The molecule has 0 unspecified atom stereocenters. The second kappa shape index (κ2) is 3.72. The van der Waals surface area contributed by atoms with Gasteiger partial charge in [-0.3, -0.25) is 4.79 Å². The molecule has 0 aromatic carbocycles. The lowest BCUT2D eigenvalue weighted by molar-refractivity contribution is -0.132. The van der Waals surface area contributed by atoms with Crippen LogP contribution in [-0.4, -0.2) is 37.6 Å². The standard InChI is InChI=1S/C8H15NO2/c1-3-7-4-9(2)8(10)6-11-5-7/h7H,3-6H2,1-2H3/t7-/m0/s1. The van der Waals surface area contributed by atoms with Crippen LogP contribution in [0.1, 0.15) is 13.3 Å². The molecule has 1 saturated heterocycles. The minimum Gasteiger partial charge on any atom is -0.371 e. The van der Waals surface area contributed by atoms with E-state index in [9.17, 15) is 4.79 Å². The number of ether oxygens (including phenoxy) is 1. The summed E-state index contributed by atoms with van der Waals surface area (Å²) in [5.41, 5.74) is 0. The van der Waals surface area contributed by atoms with Gasteiger partial charge < -0.3 is 9.64 Å². The Morgan fingerprint density at radius 3 is 3.09 bits per heavy atom. The van der Waals surface area contributed by atoms with E-state index < -0.39 is 0 Å². The molecular weight excluding hydrogens is 142 g/mol. The van der Waals surface area contributed by atoms with Gasteiger partial charge in [0.15, 0.2) is 0 Å². The van der Waals surface area contributed by atoms with Gasteiger partial charge in [-0.05, 0) is 12.3 Å². The molecule has 0 aromatic heterocycles. The predicted molar refractivity (Wildman–Crippen MR) is 42.2 cm³/mol. The number of hydrogen-bond donors (Lipinski definition) is 0. The van der Waals surface area contributed by atoms with Crippen molar-refractivity contribution in [1.29, 1.82) is 0 Å². The van der Waals surface area contributed by atoms with E-state index >= 15 is 0 Å². The monoisotopic (exact) mass is 157 g/mol. The summed E-state index contributed by atoms with van der Waals surface area (Å²) in [5, 5.41) is 0. The van der Waals surface area contributed by atoms with Gasteiger partial charge in [-0.25, -0.2) is 0 Å². The van der Waals surface area contributed by atoms with Gasteiger partial charge in [-0.2, -0.15) is 0 Å². The Morgan fingerprint density at radius 1 is 1.73 bits per heavy atom. The first kappa shape index (κ1) is 8.53. The number of likely N-dealkylation sites (N-methyl/N-ethyl adjacent to an activating group) is 1. The summed E-state index contributed by atoms with van der Waals surface area (Å²) < 4.78 is 5.19. The third-order valence-corrected chi connectivity index (χ3v) is 2.11. The molecular formula is C8H15NO2. The predicted octanol–water partition coefficient (Wildman–Crippen LogP) is 0.501. The summed E-state index contributed by atoms with van der Waals surface area (Å²) in [4.78, 5) is 12.8. The minimum absolute atomic E-state index is 0.0981. The van der Waals surface area contributed by atoms with Crippen LogP contribution in [0.3, 0.4) is 0 Å². The molecule has 1 aliphatic heterocycles. The van der Waals surface area contributed by atoms with Crippen LogP contribution in [0, 0.1) is 5.92 Å². The molecule has 3 nitrogen and oxygen atoms in total. The Bertz CT molecular complexity index is 147. The van der Waals surface area contributed by atoms with Crippen LogP contribution in [-0.2, 0) is 9.53 Å². The largest absolute Gasteiger partial charge is 0.371 e. The molecule has 0 radical (unpaired) electrons. The first-order valence-electron chi connectivity index (χ1n) is 4.05. The topological polar surface area (TPSA) is 29.5 Å². The summed E-state index contributed by atoms with van der Waals surface area (Å²) in [6.45, 7) is 3.95. The van der Waals surface area contributed by atoms with E-state index in [0.717, 1.165) is 19.6 Å². The normalized spacial score (nSPS) is 26.9. The number of amides is 1. The van der Waals surface area contributed by atoms with Crippen LogP contribution in [0.15, 0.2) is 0 Å². The van der Waals surface area contributed by atoms with E-state index in [0.29, 0.717) is 5.92 Å². The molecule has 1 heterocycles.